The maximum atomic E-state index is 12.6. The van der Waals surface area contributed by atoms with Gasteiger partial charge >= 0.3 is 12.3 Å². The molecule has 1 aromatic carbocycles. The van der Waals surface area contributed by atoms with Gasteiger partial charge in [-0.3, -0.25) is 19.6 Å². The number of aryl methyl sites for hydroxylation is 2. The molecule has 1 amide bonds. The van der Waals surface area contributed by atoms with Crippen LogP contribution < -0.4 is 10.1 Å². The minimum absolute atomic E-state index is 0.0331. The largest absolute Gasteiger partial charge is 0.433 e. The van der Waals surface area contributed by atoms with Crippen LogP contribution in [0.5, 0.6) is 5.75 Å². The SMILES string of the molecule is Cc1ccc(OC(F)F)c(NC(=O)c2cc(Cn3nc(C)c([N+](=O)[O-])c3C)cs2)c1. The molecular formula is C19H18F2N4O4S. The van der Waals surface area contributed by atoms with Crippen LogP contribution in [0.25, 0.3) is 0 Å². The summed E-state index contributed by atoms with van der Waals surface area (Å²) >= 11 is 1.17. The van der Waals surface area contributed by atoms with Crippen molar-refractivity contribution in [1.29, 1.82) is 0 Å². The number of carbonyl (C=O) groups excluding carboxylic acids is 1. The van der Waals surface area contributed by atoms with Gasteiger partial charge in [-0.2, -0.15) is 13.9 Å². The summed E-state index contributed by atoms with van der Waals surface area (Å²) in [6, 6.07) is 6.14. The molecule has 3 rings (SSSR count). The van der Waals surface area contributed by atoms with Crippen molar-refractivity contribution in [2.24, 2.45) is 0 Å². The molecule has 1 N–H and O–H groups in total. The summed E-state index contributed by atoms with van der Waals surface area (Å²) in [5.41, 5.74) is 2.35. The lowest BCUT2D eigenvalue weighted by Crippen LogP contribution is -2.13. The number of aromatic nitrogens is 2. The maximum Gasteiger partial charge on any atom is 0.387 e. The van der Waals surface area contributed by atoms with Gasteiger partial charge in [0.2, 0.25) is 0 Å². The highest BCUT2D eigenvalue weighted by Crippen LogP contribution is 2.29. The third-order valence-corrected chi connectivity index (χ3v) is 5.31. The molecule has 0 spiro atoms. The number of benzene rings is 1. The van der Waals surface area contributed by atoms with Crippen molar-refractivity contribution in [3.8, 4) is 5.75 Å². The first-order valence-corrected chi connectivity index (χ1v) is 9.66. The molecule has 0 bridgehead atoms. The first kappa shape index (κ1) is 21.4. The number of thiophene rings is 1. The quantitative estimate of drug-likeness (QED) is 0.428. The molecule has 0 unspecified atom stereocenters. The molecule has 0 aliphatic rings. The molecule has 0 aliphatic carbocycles. The molecule has 8 nitrogen and oxygen atoms in total. The summed E-state index contributed by atoms with van der Waals surface area (Å²) in [6.07, 6.45) is 0. The van der Waals surface area contributed by atoms with E-state index in [0.717, 1.165) is 11.1 Å². The van der Waals surface area contributed by atoms with E-state index < -0.39 is 17.4 Å². The number of alkyl halides is 2. The van der Waals surface area contributed by atoms with Gasteiger partial charge in [0.1, 0.15) is 17.1 Å². The standard InChI is InChI=1S/C19H18F2N4O4S/c1-10-4-5-15(29-19(20)21)14(6-10)22-18(26)16-7-13(9-30-16)8-24-12(3)17(25(27)28)11(2)23-24/h4-7,9,19H,8H2,1-3H3,(H,22,26). The van der Waals surface area contributed by atoms with Crippen LogP contribution >= 0.6 is 11.3 Å². The Hall–Kier alpha value is -3.34. The molecule has 0 fully saturated rings. The molecule has 0 aliphatic heterocycles. The predicted molar refractivity (Wildman–Crippen MR) is 108 cm³/mol. The first-order valence-electron chi connectivity index (χ1n) is 8.78. The van der Waals surface area contributed by atoms with E-state index in [-0.39, 0.29) is 23.7 Å². The van der Waals surface area contributed by atoms with Crippen LogP contribution in [0.3, 0.4) is 0 Å². The predicted octanol–water partition coefficient (Wildman–Crippen LogP) is 4.68. The van der Waals surface area contributed by atoms with E-state index in [0.29, 0.717) is 16.3 Å². The molecule has 2 aromatic heterocycles. The summed E-state index contributed by atoms with van der Waals surface area (Å²) in [7, 11) is 0. The number of rotatable bonds is 7. The van der Waals surface area contributed by atoms with Crippen LogP contribution in [0.15, 0.2) is 29.6 Å². The van der Waals surface area contributed by atoms with Gasteiger partial charge in [-0.1, -0.05) is 6.07 Å². The zero-order chi connectivity index (χ0) is 22.0. The van der Waals surface area contributed by atoms with Gasteiger partial charge in [0.15, 0.2) is 0 Å². The fraction of sp³-hybridized carbons (Fsp3) is 0.263. The lowest BCUT2D eigenvalue weighted by molar-refractivity contribution is -0.386. The van der Waals surface area contributed by atoms with Crippen LogP contribution in [0, 0.1) is 30.9 Å². The number of anilines is 1. The van der Waals surface area contributed by atoms with Crippen molar-refractivity contribution in [3.63, 3.8) is 0 Å². The van der Waals surface area contributed by atoms with Crippen molar-refractivity contribution in [2.75, 3.05) is 5.32 Å². The molecule has 158 valence electrons. The van der Waals surface area contributed by atoms with Crippen LogP contribution in [-0.4, -0.2) is 27.2 Å². The van der Waals surface area contributed by atoms with E-state index in [4.69, 9.17) is 0 Å². The Morgan fingerprint density at radius 3 is 2.70 bits per heavy atom. The highest BCUT2D eigenvalue weighted by molar-refractivity contribution is 7.12. The summed E-state index contributed by atoms with van der Waals surface area (Å²) in [6.45, 7) is 2.18. The molecule has 0 saturated carbocycles. The summed E-state index contributed by atoms with van der Waals surface area (Å²) in [5.74, 6) is -0.606. The Kier molecular flexibility index (Phi) is 6.11. The van der Waals surface area contributed by atoms with Crippen LogP contribution in [0.4, 0.5) is 20.2 Å². The Morgan fingerprint density at radius 1 is 1.33 bits per heavy atom. The van der Waals surface area contributed by atoms with E-state index >= 15 is 0 Å². The average Bonchev–Trinajstić information content (AvgIpc) is 3.22. The van der Waals surface area contributed by atoms with Crippen LogP contribution in [0.2, 0.25) is 0 Å². The van der Waals surface area contributed by atoms with Gasteiger partial charge in [0.05, 0.1) is 22.0 Å². The fourth-order valence-electron chi connectivity index (χ4n) is 2.98. The highest BCUT2D eigenvalue weighted by atomic mass is 32.1. The zero-order valence-corrected chi connectivity index (χ0v) is 17.1. The van der Waals surface area contributed by atoms with E-state index in [1.54, 1.807) is 44.4 Å². The van der Waals surface area contributed by atoms with Crippen molar-refractivity contribution in [3.05, 3.63) is 67.2 Å². The first-order chi connectivity index (χ1) is 14.2. The second kappa shape index (κ2) is 8.57. The van der Waals surface area contributed by atoms with Crippen LogP contribution in [-0.2, 0) is 6.54 Å². The van der Waals surface area contributed by atoms with E-state index in [9.17, 15) is 23.7 Å². The fourth-order valence-corrected chi connectivity index (χ4v) is 3.78. The number of nitrogens with zero attached hydrogens (tertiary/aromatic N) is 3. The number of amides is 1. The molecular weight excluding hydrogens is 418 g/mol. The third kappa shape index (κ3) is 4.62. The second-order valence-electron chi connectivity index (χ2n) is 6.59. The maximum absolute atomic E-state index is 12.6. The lowest BCUT2D eigenvalue weighted by Gasteiger charge is -2.12. The van der Waals surface area contributed by atoms with Crippen molar-refractivity contribution in [1.82, 2.24) is 9.78 Å². The smallest absolute Gasteiger partial charge is 0.387 e. The van der Waals surface area contributed by atoms with Crippen molar-refractivity contribution in [2.45, 2.75) is 33.9 Å². The molecule has 0 atom stereocenters. The van der Waals surface area contributed by atoms with E-state index in [1.807, 2.05) is 0 Å². The number of halogens is 2. The van der Waals surface area contributed by atoms with E-state index in [2.05, 4.69) is 15.2 Å². The highest BCUT2D eigenvalue weighted by Gasteiger charge is 2.22. The number of carbonyl (C=O) groups is 1. The monoisotopic (exact) mass is 436 g/mol. The Bertz CT molecular complexity index is 1110. The minimum Gasteiger partial charge on any atom is -0.433 e. The summed E-state index contributed by atoms with van der Waals surface area (Å²) in [5, 5.41) is 19.7. The van der Waals surface area contributed by atoms with Crippen molar-refractivity contribution >= 4 is 28.6 Å². The number of hydrogen-bond acceptors (Lipinski definition) is 6. The van der Waals surface area contributed by atoms with Gasteiger partial charge in [0, 0.05) is 0 Å². The van der Waals surface area contributed by atoms with Gasteiger partial charge in [-0.15, -0.1) is 11.3 Å². The number of nitrogens with one attached hydrogen (secondary N) is 1. The topological polar surface area (TPSA) is 99.3 Å². The second-order valence-corrected chi connectivity index (χ2v) is 7.50. The third-order valence-electron chi connectivity index (χ3n) is 4.34. The zero-order valence-electron chi connectivity index (χ0n) is 16.3. The summed E-state index contributed by atoms with van der Waals surface area (Å²) in [4.78, 5) is 23.6. The average molecular weight is 436 g/mol. The van der Waals surface area contributed by atoms with E-state index in [1.165, 1.54) is 22.1 Å². The van der Waals surface area contributed by atoms with Crippen molar-refractivity contribution < 1.29 is 23.2 Å². The molecule has 2 heterocycles. The number of hydrogen-bond donors (Lipinski definition) is 1. The van der Waals surface area contributed by atoms with Gasteiger partial charge in [0.25, 0.3) is 5.91 Å². The Balaban J connectivity index is 1.77. The van der Waals surface area contributed by atoms with Gasteiger partial charge in [-0.25, -0.2) is 0 Å². The van der Waals surface area contributed by atoms with Crippen LogP contribution in [0.1, 0.15) is 32.2 Å². The Labute approximate surface area is 174 Å². The number of nitro groups is 1. The minimum atomic E-state index is -3.01. The number of ether oxygens (including phenoxy) is 1. The Morgan fingerprint density at radius 2 is 2.07 bits per heavy atom. The molecule has 0 saturated heterocycles. The lowest BCUT2D eigenvalue weighted by atomic mass is 10.2. The summed E-state index contributed by atoms with van der Waals surface area (Å²) < 4.78 is 31.2. The van der Waals surface area contributed by atoms with Gasteiger partial charge in [-0.05, 0) is 55.5 Å². The molecule has 3 aromatic rings. The normalized spacial score (nSPS) is 11.0. The molecule has 11 heteroatoms. The molecule has 0 radical (unpaired) electrons. The van der Waals surface area contributed by atoms with Gasteiger partial charge < -0.3 is 10.1 Å². The molecule has 30 heavy (non-hydrogen) atoms.